The Labute approximate surface area is 158 Å². The summed E-state index contributed by atoms with van der Waals surface area (Å²) >= 11 is 0. The van der Waals surface area contributed by atoms with Crippen molar-refractivity contribution in [3.8, 4) is 0 Å². The van der Waals surface area contributed by atoms with E-state index in [4.69, 9.17) is 4.98 Å². The van der Waals surface area contributed by atoms with Gasteiger partial charge in [0.1, 0.15) is 5.82 Å². The highest BCUT2D eigenvalue weighted by atomic mass is 16.4. The van der Waals surface area contributed by atoms with Gasteiger partial charge < -0.3 is 14.7 Å². The molecule has 3 aromatic rings. The van der Waals surface area contributed by atoms with Gasteiger partial charge in [-0.15, -0.1) is 0 Å². The van der Waals surface area contributed by atoms with Crippen LogP contribution in [0.4, 0.5) is 0 Å². The number of hydrogen-bond donors (Lipinski definition) is 2. The van der Waals surface area contributed by atoms with Gasteiger partial charge in [-0.05, 0) is 36.9 Å². The molecule has 0 amide bonds. The van der Waals surface area contributed by atoms with Crippen molar-refractivity contribution in [1.29, 1.82) is 0 Å². The maximum absolute atomic E-state index is 11.4. The number of hydrogen-bond acceptors (Lipinski definition) is 4. The van der Waals surface area contributed by atoms with Crippen molar-refractivity contribution in [2.45, 2.75) is 25.8 Å². The van der Waals surface area contributed by atoms with Crippen LogP contribution in [0.3, 0.4) is 0 Å². The summed E-state index contributed by atoms with van der Waals surface area (Å²) in [5.74, 6) is 0.769. The number of fused-ring (bicyclic) bond motifs is 1. The summed E-state index contributed by atoms with van der Waals surface area (Å²) in [7, 11) is 2.04. The lowest BCUT2D eigenvalue weighted by Crippen LogP contribution is -2.42. The first-order valence-electron chi connectivity index (χ1n) is 9.42. The predicted octanol–water partition coefficient (Wildman–Crippen LogP) is 2.45. The lowest BCUT2D eigenvalue weighted by Gasteiger charge is -2.38. The Morgan fingerprint density at radius 3 is 2.93 bits per heavy atom. The average molecular weight is 367 g/mol. The van der Waals surface area contributed by atoms with Crippen LogP contribution in [-0.4, -0.2) is 48.6 Å². The second-order valence-electron chi connectivity index (χ2n) is 7.50. The second-order valence-corrected chi connectivity index (χ2v) is 7.50. The largest absolute Gasteiger partial charge is 0.481 e. The first kappa shape index (κ1) is 17.7. The number of benzene rings is 1. The molecular formula is C20H25N5O2. The van der Waals surface area contributed by atoms with Gasteiger partial charge in [0.2, 0.25) is 0 Å². The Hall–Kier alpha value is -2.67. The van der Waals surface area contributed by atoms with Crippen LogP contribution in [0, 0.1) is 11.8 Å². The van der Waals surface area contributed by atoms with Gasteiger partial charge in [0.25, 0.3) is 0 Å². The Balaban J connectivity index is 1.54. The van der Waals surface area contributed by atoms with Crippen molar-refractivity contribution >= 4 is 17.0 Å². The number of carboxylic acids is 1. The van der Waals surface area contributed by atoms with Gasteiger partial charge in [0, 0.05) is 44.9 Å². The third-order valence-electron chi connectivity index (χ3n) is 5.69. The Bertz CT molecular complexity index is 918. The van der Waals surface area contributed by atoms with Gasteiger partial charge in [-0.25, -0.2) is 9.97 Å². The molecule has 2 atom stereocenters. The smallest absolute Gasteiger partial charge is 0.303 e. The number of nitrogens with one attached hydrogen (secondary N) is 1. The molecule has 7 nitrogen and oxygen atoms in total. The zero-order valence-corrected chi connectivity index (χ0v) is 15.5. The number of piperidine rings is 1. The Kier molecular flexibility index (Phi) is 4.94. The van der Waals surface area contributed by atoms with Crippen molar-refractivity contribution in [2.24, 2.45) is 18.9 Å². The molecule has 0 saturated carbocycles. The number of likely N-dealkylation sites (tertiary alicyclic amines) is 1. The second kappa shape index (κ2) is 7.52. The fourth-order valence-electron chi connectivity index (χ4n) is 4.25. The molecule has 2 aromatic heterocycles. The highest BCUT2D eigenvalue weighted by molar-refractivity contribution is 5.75. The lowest BCUT2D eigenvalue weighted by atomic mass is 9.81. The molecule has 27 heavy (non-hydrogen) atoms. The molecule has 142 valence electrons. The summed E-state index contributed by atoms with van der Waals surface area (Å²) in [5, 5.41) is 9.34. The molecule has 7 heteroatoms. The topological polar surface area (TPSA) is 87.0 Å². The van der Waals surface area contributed by atoms with E-state index < -0.39 is 5.97 Å². The molecule has 0 aliphatic carbocycles. The van der Waals surface area contributed by atoms with Gasteiger partial charge in [-0.1, -0.05) is 12.1 Å². The van der Waals surface area contributed by atoms with E-state index in [2.05, 4.69) is 25.5 Å². The van der Waals surface area contributed by atoms with E-state index in [1.807, 2.05) is 31.4 Å². The first-order chi connectivity index (χ1) is 13.1. The Morgan fingerprint density at radius 1 is 1.33 bits per heavy atom. The first-order valence-corrected chi connectivity index (χ1v) is 9.42. The summed E-state index contributed by atoms with van der Waals surface area (Å²) in [4.78, 5) is 25.8. The highest BCUT2D eigenvalue weighted by Crippen LogP contribution is 2.30. The SMILES string of the molecule is Cn1c(C[C@H]2CN(Cc3cnc[nH]3)CC[C@H]2CC(=O)O)nc2ccccc21. The number of aliphatic carboxylic acids is 1. The van der Waals surface area contributed by atoms with Gasteiger partial charge in [-0.2, -0.15) is 0 Å². The van der Waals surface area contributed by atoms with Crippen molar-refractivity contribution in [1.82, 2.24) is 24.4 Å². The third kappa shape index (κ3) is 3.88. The van der Waals surface area contributed by atoms with E-state index in [9.17, 15) is 9.90 Å². The highest BCUT2D eigenvalue weighted by Gasteiger charge is 2.32. The number of aromatic nitrogens is 4. The van der Waals surface area contributed by atoms with Gasteiger partial charge in [0.15, 0.2) is 0 Å². The molecule has 0 radical (unpaired) electrons. The zero-order chi connectivity index (χ0) is 18.8. The molecule has 1 aromatic carbocycles. The normalized spacial score (nSPS) is 20.9. The summed E-state index contributed by atoms with van der Waals surface area (Å²) < 4.78 is 2.14. The zero-order valence-electron chi connectivity index (χ0n) is 15.5. The van der Waals surface area contributed by atoms with Crippen LogP contribution < -0.4 is 0 Å². The quantitative estimate of drug-likeness (QED) is 0.699. The number of para-hydroxylation sites is 2. The van der Waals surface area contributed by atoms with Crippen molar-refractivity contribution in [2.75, 3.05) is 13.1 Å². The number of carboxylic acid groups (broad SMARTS) is 1. The number of carbonyl (C=O) groups is 1. The molecule has 0 bridgehead atoms. The molecule has 1 aliphatic rings. The molecule has 1 saturated heterocycles. The maximum Gasteiger partial charge on any atom is 0.303 e. The fourth-order valence-corrected chi connectivity index (χ4v) is 4.25. The number of aryl methyl sites for hydroxylation is 1. The van der Waals surface area contributed by atoms with E-state index in [0.29, 0.717) is 0 Å². The van der Waals surface area contributed by atoms with E-state index >= 15 is 0 Å². The summed E-state index contributed by atoms with van der Waals surface area (Å²) in [6.45, 7) is 2.61. The van der Waals surface area contributed by atoms with Crippen LogP contribution >= 0.6 is 0 Å². The van der Waals surface area contributed by atoms with Gasteiger partial charge in [-0.3, -0.25) is 9.69 Å². The van der Waals surface area contributed by atoms with E-state index in [1.54, 1.807) is 6.33 Å². The molecule has 3 heterocycles. The van der Waals surface area contributed by atoms with E-state index in [-0.39, 0.29) is 18.3 Å². The molecule has 4 rings (SSSR count). The standard InChI is InChI=1S/C20H25N5O2/c1-24-18-5-3-2-4-17(18)23-19(24)8-15-11-25(12-16-10-21-13-22-16)7-6-14(15)9-20(26)27/h2-5,10,13-15H,6-9,11-12H2,1H3,(H,21,22)(H,26,27)/t14-,15-/m0/s1. The average Bonchev–Trinajstić information content (AvgIpc) is 3.26. The monoisotopic (exact) mass is 367 g/mol. The molecular weight excluding hydrogens is 342 g/mol. The van der Waals surface area contributed by atoms with Crippen LogP contribution in [0.15, 0.2) is 36.8 Å². The summed E-state index contributed by atoms with van der Waals surface area (Å²) in [6, 6.07) is 8.12. The lowest BCUT2D eigenvalue weighted by molar-refractivity contribution is -0.139. The van der Waals surface area contributed by atoms with Crippen LogP contribution in [0.5, 0.6) is 0 Å². The summed E-state index contributed by atoms with van der Waals surface area (Å²) in [6.07, 6.45) is 5.47. The van der Waals surface area contributed by atoms with Crippen LogP contribution in [0.1, 0.15) is 24.4 Å². The Morgan fingerprint density at radius 2 is 2.19 bits per heavy atom. The molecule has 1 fully saturated rings. The van der Waals surface area contributed by atoms with E-state index in [0.717, 1.165) is 55.0 Å². The maximum atomic E-state index is 11.4. The minimum atomic E-state index is -0.711. The molecule has 1 aliphatic heterocycles. The molecule has 0 unspecified atom stereocenters. The summed E-state index contributed by atoms with van der Waals surface area (Å²) in [5.41, 5.74) is 3.20. The van der Waals surface area contributed by atoms with Gasteiger partial charge >= 0.3 is 5.97 Å². The number of imidazole rings is 2. The van der Waals surface area contributed by atoms with Crippen molar-refractivity contribution in [3.05, 3.63) is 48.3 Å². The van der Waals surface area contributed by atoms with Crippen LogP contribution in [-0.2, 0) is 24.8 Å². The number of nitrogens with zero attached hydrogens (tertiary/aromatic N) is 4. The van der Waals surface area contributed by atoms with Crippen LogP contribution in [0.25, 0.3) is 11.0 Å². The molecule has 2 N–H and O–H groups in total. The minimum absolute atomic E-state index is 0.181. The minimum Gasteiger partial charge on any atom is -0.481 e. The van der Waals surface area contributed by atoms with Gasteiger partial charge in [0.05, 0.1) is 17.4 Å². The van der Waals surface area contributed by atoms with Crippen molar-refractivity contribution < 1.29 is 9.90 Å². The predicted molar refractivity (Wildman–Crippen MR) is 102 cm³/mol. The number of aromatic amines is 1. The van der Waals surface area contributed by atoms with Crippen LogP contribution in [0.2, 0.25) is 0 Å². The number of H-pyrrole nitrogens is 1. The van der Waals surface area contributed by atoms with E-state index in [1.165, 1.54) is 0 Å². The molecule has 0 spiro atoms. The van der Waals surface area contributed by atoms with Crippen molar-refractivity contribution in [3.63, 3.8) is 0 Å². The number of rotatable bonds is 6. The third-order valence-corrected chi connectivity index (χ3v) is 5.69. The fraction of sp³-hybridized carbons (Fsp3) is 0.450.